The third kappa shape index (κ3) is 1.94. The first-order valence-corrected chi connectivity index (χ1v) is 4.36. The lowest BCUT2D eigenvalue weighted by molar-refractivity contribution is 0.751. The van der Waals surface area contributed by atoms with E-state index >= 15 is 0 Å². The lowest BCUT2D eigenvalue weighted by Crippen LogP contribution is -2.00. The van der Waals surface area contributed by atoms with Gasteiger partial charge >= 0.3 is 0 Å². The van der Waals surface area contributed by atoms with Crippen LogP contribution in [-0.4, -0.2) is 19.7 Å². The van der Waals surface area contributed by atoms with Gasteiger partial charge in [0, 0.05) is 18.9 Å². The number of hydrogen-bond acceptors (Lipinski definition) is 4. The Kier molecular flexibility index (Phi) is 2.51. The van der Waals surface area contributed by atoms with Crippen molar-refractivity contribution in [3.05, 3.63) is 42.2 Å². The number of nitrogens with two attached hydrogens (primary N) is 1. The predicted molar refractivity (Wildman–Crippen MR) is 51.3 cm³/mol. The Morgan fingerprint density at radius 2 is 2.29 bits per heavy atom. The molecule has 14 heavy (non-hydrogen) atoms. The second-order valence-corrected chi connectivity index (χ2v) is 2.96. The maximum Gasteiger partial charge on any atom is 0.0953 e. The van der Waals surface area contributed by atoms with Crippen molar-refractivity contribution in [3.8, 4) is 0 Å². The fourth-order valence-corrected chi connectivity index (χ4v) is 1.20. The summed E-state index contributed by atoms with van der Waals surface area (Å²) in [7, 11) is 0. The van der Waals surface area contributed by atoms with E-state index in [1.165, 1.54) is 0 Å². The molecule has 0 unspecified atom stereocenters. The first-order valence-electron chi connectivity index (χ1n) is 4.36. The van der Waals surface area contributed by atoms with Crippen molar-refractivity contribution >= 4 is 0 Å². The molecule has 0 atom stereocenters. The van der Waals surface area contributed by atoms with Gasteiger partial charge in [0.15, 0.2) is 0 Å². The lowest BCUT2D eigenvalue weighted by atomic mass is 10.4. The van der Waals surface area contributed by atoms with Crippen molar-refractivity contribution in [2.75, 3.05) is 0 Å². The van der Waals surface area contributed by atoms with Crippen molar-refractivity contribution in [1.82, 2.24) is 19.7 Å². The molecular formula is C9H11N5. The minimum absolute atomic E-state index is 0.466. The second kappa shape index (κ2) is 3.97. The summed E-state index contributed by atoms with van der Waals surface area (Å²) >= 11 is 0. The molecule has 2 N–H and O–H groups in total. The first-order chi connectivity index (χ1) is 6.88. The summed E-state index contributed by atoms with van der Waals surface area (Å²) in [5, 5.41) is 7.78. The maximum absolute atomic E-state index is 5.45. The Balaban J connectivity index is 2.11. The number of aromatic nitrogens is 4. The highest BCUT2D eigenvalue weighted by atomic mass is 15.1. The highest BCUT2D eigenvalue weighted by molar-refractivity contribution is 5.02. The largest absolute Gasteiger partial charge is 0.331 e. The average Bonchev–Trinajstić information content (AvgIpc) is 2.67. The van der Waals surface area contributed by atoms with Crippen LogP contribution in [0.1, 0.15) is 11.4 Å². The van der Waals surface area contributed by atoms with Gasteiger partial charge in [0.05, 0.1) is 24.3 Å². The van der Waals surface area contributed by atoms with E-state index in [0.717, 1.165) is 11.4 Å². The quantitative estimate of drug-likeness (QED) is 0.747. The molecule has 5 nitrogen and oxygen atoms in total. The maximum atomic E-state index is 5.45. The number of nitrogens with zero attached hydrogens (tertiary/aromatic N) is 4. The molecule has 0 saturated carbocycles. The van der Waals surface area contributed by atoms with Gasteiger partial charge in [-0.05, 0) is 12.1 Å². The Bertz CT molecular complexity index is 395. The van der Waals surface area contributed by atoms with E-state index in [2.05, 4.69) is 15.2 Å². The summed E-state index contributed by atoms with van der Waals surface area (Å²) in [5.74, 6) is 0. The summed E-state index contributed by atoms with van der Waals surface area (Å²) in [6.45, 7) is 1.15. The van der Waals surface area contributed by atoms with Gasteiger partial charge in [0.25, 0.3) is 0 Å². The fraction of sp³-hybridized carbons (Fsp3) is 0.222. The SMILES string of the molecule is NCc1cn(Cc2cccnn2)cn1. The molecule has 0 aliphatic carbocycles. The minimum Gasteiger partial charge on any atom is -0.331 e. The molecule has 0 saturated heterocycles. The zero-order valence-corrected chi connectivity index (χ0v) is 7.67. The van der Waals surface area contributed by atoms with Crippen molar-refractivity contribution < 1.29 is 0 Å². The molecule has 2 rings (SSSR count). The van der Waals surface area contributed by atoms with Crippen LogP contribution in [0.4, 0.5) is 0 Å². The van der Waals surface area contributed by atoms with Crippen molar-refractivity contribution in [1.29, 1.82) is 0 Å². The van der Waals surface area contributed by atoms with Crippen LogP contribution < -0.4 is 5.73 Å². The molecule has 0 fully saturated rings. The normalized spacial score (nSPS) is 10.4. The van der Waals surface area contributed by atoms with Crippen LogP contribution in [0.25, 0.3) is 0 Å². The van der Waals surface area contributed by atoms with E-state index in [9.17, 15) is 0 Å². The molecule has 0 aliphatic heterocycles. The number of hydrogen-bond donors (Lipinski definition) is 1. The minimum atomic E-state index is 0.466. The highest BCUT2D eigenvalue weighted by Gasteiger charge is 1.98. The molecule has 2 heterocycles. The summed E-state index contributed by atoms with van der Waals surface area (Å²) in [5.41, 5.74) is 7.25. The second-order valence-electron chi connectivity index (χ2n) is 2.96. The standard InChI is InChI=1S/C9H11N5/c10-4-9-6-14(7-11-9)5-8-2-1-3-12-13-8/h1-3,6-7H,4-5,10H2. The summed E-state index contributed by atoms with van der Waals surface area (Å²) in [6, 6.07) is 3.79. The molecule has 2 aromatic rings. The number of imidazole rings is 1. The van der Waals surface area contributed by atoms with Gasteiger partial charge in [-0.2, -0.15) is 10.2 Å². The van der Waals surface area contributed by atoms with Crippen LogP contribution in [0.3, 0.4) is 0 Å². The van der Waals surface area contributed by atoms with Gasteiger partial charge in [0.1, 0.15) is 0 Å². The van der Waals surface area contributed by atoms with Crippen molar-refractivity contribution in [3.63, 3.8) is 0 Å². The topological polar surface area (TPSA) is 69.6 Å². The van der Waals surface area contributed by atoms with Crippen LogP contribution in [0.5, 0.6) is 0 Å². The molecular weight excluding hydrogens is 178 g/mol. The van der Waals surface area contributed by atoms with E-state index < -0.39 is 0 Å². The Morgan fingerprint density at radius 1 is 1.36 bits per heavy atom. The van der Waals surface area contributed by atoms with Crippen molar-refractivity contribution in [2.24, 2.45) is 5.73 Å². The van der Waals surface area contributed by atoms with Gasteiger partial charge in [-0.25, -0.2) is 4.98 Å². The van der Waals surface area contributed by atoms with Gasteiger partial charge in [-0.1, -0.05) is 0 Å². The predicted octanol–water partition coefficient (Wildman–Crippen LogP) is 0.180. The summed E-state index contributed by atoms with van der Waals surface area (Å²) in [4.78, 5) is 4.12. The van der Waals surface area contributed by atoms with Crippen molar-refractivity contribution in [2.45, 2.75) is 13.1 Å². The van der Waals surface area contributed by atoms with E-state index in [1.54, 1.807) is 12.5 Å². The van der Waals surface area contributed by atoms with Crippen LogP contribution in [-0.2, 0) is 13.1 Å². The molecule has 0 spiro atoms. The summed E-state index contributed by atoms with van der Waals surface area (Å²) in [6.07, 6.45) is 5.31. The van der Waals surface area contributed by atoms with Crippen LogP contribution in [0.15, 0.2) is 30.9 Å². The third-order valence-corrected chi connectivity index (χ3v) is 1.87. The molecule has 0 amide bonds. The molecule has 0 aromatic carbocycles. The van der Waals surface area contributed by atoms with Gasteiger partial charge in [0.2, 0.25) is 0 Å². The smallest absolute Gasteiger partial charge is 0.0953 e. The molecule has 72 valence electrons. The van der Waals surface area contributed by atoms with E-state index in [1.807, 2.05) is 22.9 Å². The van der Waals surface area contributed by atoms with Crippen LogP contribution in [0, 0.1) is 0 Å². The van der Waals surface area contributed by atoms with Gasteiger partial charge in [-0.15, -0.1) is 0 Å². The van der Waals surface area contributed by atoms with E-state index in [4.69, 9.17) is 5.73 Å². The van der Waals surface area contributed by atoms with E-state index in [-0.39, 0.29) is 0 Å². The molecule has 5 heteroatoms. The molecule has 2 aromatic heterocycles. The van der Waals surface area contributed by atoms with Gasteiger partial charge in [-0.3, -0.25) is 0 Å². The highest BCUT2D eigenvalue weighted by Crippen LogP contribution is 1.99. The van der Waals surface area contributed by atoms with Crippen LogP contribution >= 0.6 is 0 Å². The molecule has 0 radical (unpaired) electrons. The number of rotatable bonds is 3. The summed E-state index contributed by atoms with van der Waals surface area (Å²) < 4.78 is 1.94. The fourth-order valence-electron chi connectivity index (χ4n) is 1.20. The zero-order chi connectivity index (χ0) is 9.80. The van der Waals surface area contributed by atoms with E-state index in [0.29, 0.717) is 13.1 Å². The average molecular weight is 189 g/mol. The Hall–Kier alpha value is -1.75. The van der Waals surface area contributed by atoms with Gasteiger partial charge < -0.3 is 10.3 Å². The molecule has 0 bridgehead atoms. The molecule has 0 aliphatic rings. The lowest BCUT2D eigenvalue weighted by Gasteiger charge is -1.98. The Morgan fingerprint density at radius 3 is 2.93 bits per heavy atom. The van der Waals surface area contributed by atoms with Crippen LogP contribution in [0.2, 0.25) is 0 Å². The zero-order valence-electron chi connectivity index (χ0n) is 7.67. The first kappa shape index (κ1) is 8.83. The third-order valence-electron chi connectivity index (χ3n) is 1.87. The monoisotopic (exact) mass is 189 g/mol. The Labute approximate surface area is 81.6 Å².